The first-order chi connectivity index (χ1) is 17.0. The molecule has 0 aliphatic rings. The highest BCUT2D eigenvalue weighted by Gasteiger charge is 2.24. The standard InChI is InChI=1S/C27H33Cl2N5O2/c1-6-7-14-33(26(36)30-19-13-12-18(2)21(29)15-19)17-25(35)31-24-16-23(27(3,4)5)32-34(24)22-11-9-8-10-20(22)28/h8-13,15-16H,6-7,14,17H2,1-5H3,(H,30,36)(H,31,35). The van der Waals surface area contributed by atoms with Crippen LogP contribution in [-0.2, 0) is 10.2 Å². The Bertz CT molecular complexity index is 1230. The van der Waals surface area contributed by atoms with Crippen LogP contribution in [0.5, 0.6) is 0 Å². The fourth-order valence-electron chi connectivity index (χ4n) is 3.47. The third-order valence-corrected chi connectivity index (χ3v) is 6.38. The van der Waals surface area contributed by atoms with Crippen LogP contribution >= 0.6 is 23.2 Å². The van der Waals surface area contributed by atoms with Crippen LogP contribution in [0.4, 0.5) is 16.3 Å². The smallest absolute Gasteiger partial charge is 0.315 e. The van der Waals surface area contributed by atoms with Gasteiger partial charge in [0.25, 0.3) is 0 Å². The quantitative estimate of drug-likeness (QED) is 0.327. The fraction of sp³-hybridized carbons (Fsp3) is 0.370. The van der Waals surface area contributed by atoms with Gasteiger partial charge in [-0.3, -0.25) is 4.79 Å². The van der Waals surface area contributed by atoms with Gasteiger partial charge in [0.15, 0.2) is 0 Å². The van der Waals surface area contributed by atoms with Gasteiger partial charge < -0.3 is 15.5 Å². The number of carbonyl (C=O) groups is 2. The summed E-state index contributed by atoms with van der Waals surface area (Å²) >= 11 is 12.6. The van der Waals surface area contributed by atoms with Crippen molar-refractivity contribution in [2.24, 2.45) is 0 Å². The summed E-state index contributed by atoms with van der Waals surface area (Å²) in [4.78, 5) is 27.7. The second-order valence-corrected chi connectivity index (χ2v) is 10.6. The van der Waals surface area contributed by atoms with Gasteiger partial charge in [-0.25, -0.2) is 9.48 Å². The number of hydrogen-bond donors (Lipinski definition) is 2. The van der Waals surface area contributed by atoms with Crippen molar-refractivity contribution in [3.8, 4) is 5.69 Å². The summed E-state index contributed by atoms with van der Waals surface area (Å²) in [6, 6.07) is 14.1. The highest BCUT2D eigenvalue weighted by Crippen LogP contribution is 2.29. The summed E-state index contributed by atoms with van der Waals surface area (Å²) in [6.45, 7) is 10.4. The lowest BCUT2D eigenvalue weighted by molar-refractivity contribution is -0.116. The Kier molecular flexibility index (Phi) is 9.03. The molecule has 0 bridgehead atoms. The summed E-state index contributed by atoms with van der Waals surface area (Å²) in [5.74, 6) is 0.149. The van der Waals surface area contributed by atoms with Crippen molar-refractivity contribution in [3.63, 3.8) is 0 Å². The number of aryl methyl sites for hydroxylation is 1. The van der Waals surface area contributed by atoms with Crippen molar-refractivity contribution in [3.05, 3.63) is 69.8 Å². The van der Waals surface area contributed by atoms with E-state index in [1.165, 1.54) is 4.90 Å². The Balaban J connectivity index is 1.82. The van der Waals surface area contributed by atoms with Gasteiger partial charge in [0.05, 0.1) is 16.4 Å². The molecule has 192 valence electrons. The van der Waals surface area contributed by atoms with Crippen molar-refractivity contribution < 1.29 is 9.59 Å². The number of carbonyl (C=O) groups excluding carboxylic acids is 2. The molecule has 0 saturated carbocycles. The fourth-order valence-corrected chi connectivity index (χ4v) is 3.87. The Hall–Kier alpha value is -3.03. The van der Waals surface area contributed by atoms with Gasteiger partial charge in [0.2, 0.25) is 5.91 Å². The average molecular weight is 531 g/mol. The number of nitrogens with zero attached hydrogens (tertiary/aromatic N) is 3. The van der Waals surface area contributed by atoms with Gasteiger partial charge in [0, 0.05) is 28.7 Å². The number of unbranched alkanes of at least 4 members (excludes halogenated alkanes) is 1. The predicted octanol–water partition coefficient (Wildman–Crippen LogP) is 7.06. The van der Waals surface area contributed by atoms with E-state index in [9.17, 15) is 9.59 Å². The van der Waals surface area contributed by atoms with Crippen LogP contribution in [0.15, 0.2) is 48.5 Å². The van der Waals surface area contributed by atoms with E-state index in [4.69, 9.17) is 28.3 Å². The maximum absolute atomic E-state index is 13.1. The van der Waals surface area contributed by atoms with Gasteiger partial charge in [0.1, 0.15) is 12.4 Å². The van der Waals surface area contributed by atoms with Crippen molar-refractivity contribution >= 4 is 46.6 Å². The Labute approximate surface area is 222 Å². The van der Waals surface area contributed by atoms with Crippen LogP contribution in [0.1, 0.15) is 51.8 Å². The normalized spacial score (nSPS) is 11.3. The zero-order chi connectivity index (χ0) is 26.5. The van der Waals surface area contributed by atoms with Crippen LogP contribution < -0.4 is 10.6 Å². The molecule has 3 rings (SSSR count). The first-order valence-electron chi connectivity index (χ1n) is 12.0. The maximum atomic E-state index is 13.1. The molecule has 3 aromatic rings. The summed E-state index contributed by atoms with van der Waals surface area (Å²) in [6.07, 6.45) is 1.65. The highest BCUT2D eigenvalue weighted by molar-refractivity contribution is 6.32. The Morgan fingerprint density at radius 1 is 1.03 bits per heavy atom. The summed E-state index contributed by atoms with van der Waals surface area (Å²) in [7, 11) is 0. The van der Waals surface area contributed by atoms with Crippen molar-refractivity contribution in [1.29, 1.82) is 0 Å². The Morgan fingerprint density at radius 3 is 2.39 bits per heavy atom. The van der Waals surface area contributed by atoms with Crippen molar-refractivity contribution in [1.82, 2.24) is 14.7 Å². The maximum Gasteiger partial charge on any atom is 0.322 e. The van der Waals surface area contributed by atoms with E-state index in [0.29, 0.717) is 33.8 Å². The lowest BCUT2D eigenvalue weighted by Gasteiger charge is -2.23. The molecule has 2 aromatic carbocycles. The summed E-state index contributed by atoms with van der Waals surface area (Å²) in [5, 5.41) is 11.6. The van der Waals surface area contributed by atoms with Gasteiger partial charge >= 0.3 is 6.03 Å². The molecule has 36 heavy (non-hydrogen) atoms. The van der Waals surface area contributed by atoms with Crippen molar-refractivity contribution in [2.75, 3.05) is 23.7 Å². The molecule has 0 fully saturated rings. The van der Waals surface area contributed by atoms with E-state index < -0.39 is 0 Å². The lowest BCUT2D eigenvalue weighted by atomic mass is 9.92. The predicted molar refractivity (Wildman–Crippen MR) is 148 cm³/mol. The summed E-state index contributed by atoms with van der Waals surface area (Å²) < 4.78 is 1.63. The van der Waals surface area contributed by atoms with Crippen LogP contribution in [0.2, 0.25) is 10.0 Å². The number of nitrogens with one attached hydrogen (secondary N) is 2. The molecule has 9 heteroatoms. The monoisotopic (exact) mass is 529 g/mol. The molecule has 0 radical (unpaired) electrons. The van der Waals surface area contributed by atoms with Gasteiger partial charge in [-0.1, -0.05) is 75.5 Å². The minimum Gasteiger partial charge on any atom is -0.315 e. The zero-order valence-corrected chi connectivity index (χ0v) is 22.9. The second kappa shape index (κ2) is 11.8. The third-order valence-electron chi connectivity index (χ3n) is 5.65. The highest BCUT2D eigenvalue weighted by atomic mass is 35.5. The number of benzene rings is 2. The lowest BCUT2D eigenvalue weighted by Crippen LogP contribution is -2.41. The van der Waals surface area contributed by atoms with Crippen LogP contribution in [-0.4, -0.2) is 39.7 Å². The topological polar surface area (TPSA) is 79.3 Å². The minimum absolute atomic E-state index is 0.121. The average Bonchev–Trinajstić information content (AvgIpc) is 3.23. The summed E-state index contributed by atoms with van der Waals surface area (Å²) in [5.41, 5.74) is 2.70. The molecule has 0 saturated heterocycles. The molecule has 7 nitrogen and oxygen atoms in total. The number of halogens is 2. The largest absolute Gasteiger partial charge is 0.322 e. The second-order valence-electron chi connectivity index (χ2n) is 9.75. The van der Waals surface area contributed by atoms with E-state index in [1.807, 2.05) is 65.0 Å². The molecule has 0 unspecified atom stereocenters. The molecule has 1 heterocycles. The van der Waals surface area contributed by atoms with Gasteiger partial charge in [-0.15, -0.1) is 0 Å². The van der Waals surface area contributed by atoms with E-state index in [2.05, 4.69) is 10.6 Å². The SMILES string of the molecule is CCCCN(CC(=O)Nc1cc(C(C)(C)C)nn1-c1ccccc1Cl)C(=O)Nc1ccc(C)c(Cl)c1. The number of anilines is 2. The van der Waals surface area contributed by atoms with Crippen molar-refractivity contribution in [2.45, 2.75) is 52.9 Å². The molecular formula is C27H33Cl2N5O2. The molecule has 2 N–H and O–H groups in total. The molecule has 0 aliphatic carbocycles. The molecule has 1 aromatic heterocycles. The van der Waals surface area contributed by atoms with E-state index >= 15 is 0 Å². The molecule has 0 aliphatic heterocycles. The van der Waals surface area contributed by atoms with Gasteiger partial charge in [-0.05, 0) is 43.2 Å². The third kappa shape index (κ3) is 7.02. The number of urea groups is 1. The number of aromatic nitrogens is 2. The first kappa shape index (κ1) is 27.6. The number of para-hydroxylation sites is 1. The zero-order valence-electron chi connectivity index (χ0n) is 21.4. The molecule has 0 atom stereocenters. The van der Waals surface area contributed by atoms with E-state index in [0.717, 1.165) is 24.1 Å². The van der Waals surface area contributed by atoms with E-state index in [-0.39, 0.29) is 23.9 Å². The molecule has 0 spiro atoms. The van der Waals surface area contributed by atoms with E-state index in [1.54, 1.807) is 22.9 Å². The first-order valence-corrected chi connectivity index (χ1v) is 12.7. The number of rotatable bonds is 8. The molecule has 3 amide bonds. The van der Waals surface area contributed by atoms with Gasteiger partial charge in [-0.2, -0.15) is 5.10 Å². The molecular weight excluding hydrogens is 497 g/mol. The number of hydrogen-bond acceptors (Lipinski definition) is 3. The van der Waals surface area contributed by atoms with Crippen LogP contribution in [0.3, 0.4) is 0 Å². The number of amides is 3. The minimum atomic E-state index is -0.367. The van der Waals surface area contributed by atoms with Crippen LogP contribution in [0.25, 0.3) is 5.69 Å². The Morgan fingerprint density at radius 2 is 1.75 bits per heavy atom. The van der Waals surface area contributed by atoms with Crippen LogP contribution in [0, 0.1) is 6.92 Å².